The summed E-state index contributed by atoms with van der Waals surface area (Å²) in [6, 6.07) is 12.9. The van der Waals surface area contributed by atoms with Gasteiger partial charge in [-0.1, -0.05) is 24.3 Å². The van der Waals surface area contributed by atoms with E-state index in [1.807, 2.05) is 6.20 Å². The quantitative estimate of drug-likeness (QED) is 0.891. The van der Waals surface area contributed by atoms with E-state index < -0.39 is 0 Å². The summed E-state index contributed by atoms with van der Waals surface area (Å²) in [7, 11) is 0. The normalized spacial score (nSPS) is 14.9. The van der Waals surface area contributed by atoms with Crippen LogP contribution in [0.1, 0.15) is 16.8 Å². The fourth-order valence-corrected chi connectivity index (χ4v) is 2.70. The molecule has 3 rings (SSSR count). The Kier molecular flexibility index (Phi) is 3.47. The Hall–Kier alpha value is -1.87. The van der Waals surface area contributed by atoms with Crippen molar-refractivity contribution in [2.75, 3.05) is 18.0 Å². The molecule has 0 unspecified atom stereocenters. The van der Waals surface area contributed by atoms with Crippen LogP contribution in [-0.4, -0.2) is 18.1 Å². The molecule has 2 aromatic rings. The molecule has 2 N–H and O–H groups in total. The third-order valence-corrected chi connectivity index (χ3v) is 3.79. The largest absolute Gasteiger partial charge is 0.371 e. The first-order chi connectivity index (χ1) is 9.36. The van der Waals surface area contributed by atoms with Gasteiger partial charge < -0.3 is 10.6 Å². The second kappa shape index (κ2) is 5.41. The van der Waals surface area contributed by atoms with Crippen LogP contribution in [0.2, 0.25) is 0 Å². The SMILES string of the molecule is NCc1cc(N2CCc3ccccc3CC2)ccn1. The van der Waals surface area contributed by atoms with Crippen LogP contribution in [0.4, 0.5) is 5.69 Å². The van der Waals surface area contributed by atoms with Crippen LogP contribution in [0, 0.1) is 0 Å². The van der Waals surface area contributed by atoms with Crippen LogP contribution < -0.4 is 10.6 Å². The van der Waals surface area contributed by atoms with Crippen molar-refractivity contribution in [1.29, 1.82) is 0 Å². The van der Waals surface area contributed by atoms with E-state index in [0.29, 0.717) is 6.54 Å². The Bertz CT molecular complexity index is 538. The summed E-state index contributed by atoms with van der Waals surface area (Å²) in [6.45, 7) is 2.62. The number of anilines is 1. The molecule has 1 aliphatic heterocycles. The van der Waals surface area contributed by atoms with Crippen LogP contribution in [-0.2, 0) is 19.4 Å². The molecule has 0 spiro atoms. The van der Waals surface area contributed by atoms with Gasteiger partial charge in [-0.25, -0.2) is 0 Å². The zero-order valence-electron chi connectivity index (χ0n) is 11.0. The Morgan fingerprint density at radius 3 is 2.37 bits per heavy atom. The molecule has 3 nitrogen and oxygen atoms in total. The molecule has 98 valence electrons. The minimum Gasteiger partial charge on any atom is -0.371 e. The highest BCUT2D eigenvalue weighted by atomic mass is 15.1. The highest BCUT2D eigenvalue weighted by Crippen LogP contribution is 2.21. The molecule has 1 aromatic heterocycles. The van der Waals surface area contributed by atoms with Crippen molar-refractivity contribution in [1.82, 2.24) is 4.98 Å². The summed E-state index contributed by atoms with van der Waals surface area (Å²) in [5.41, 5.74) is 10.8. The average molecular weight is 253 g/mol. The standard InChI is InChI=1S/C16H19N3/c17-12-15-11-16(5-8-18-15)19-9-6-13-3-1-2-4-14(13)7-10-19/h1-5,8,11H,6-7,9-10,12,17H2. The van der Waals surface area contributed by atoms with E-state index in [9.17, 15) is 0 Å². The predicted molar refractivity (Wildman–Crippen MR) is 78.2 cm³/mol. The molecule has 0 aliphatic carbocycles. The summed E-state index contributed by atoms with van der Waals surface area (Å²) in [5.74, 6) is 0. The average Bonchev–Trinajstić information content (AvgIpc) is 2.70. The molecule has 0 fully saturated rings. The number of nitrogens with two attached hydrogens (primary N) is 1. The maximum absolute atomic E-state index is 5.67. The van der Waals surface area contributed by atoms with Gasteiger partial charge in [-0.05, 0) is 36.1 Å². The van der Waals surface area contributed by atoms with Gasteiger partial charge in [0.1, 0.15) is 0 Å². The molecule has 1 aromatic carbocycles. The van der Waals surface area contributed by atoms with Gasteiger partial charge in [0.25, 0.3) is 0 Å². The van der Waals surface area contributed by atoms with E-state index in [1.165, 1.54) is 16.8 Å². The Morgan fingerprint density at radius 2 is 1.74 bits per heavy atom. The highest BCUT2D eigenvalue weighted by molar-refractivity contribution is 5.48. The second-order valence-corrected chi connectivity index (χ2v) is 4.97. The van der Waals surface area contributed by atoms with Crippen LogP contribution in [0.3, 0.4) is 0 Å². The lowest BCUT2D eigenvalue weighted by Gasteiger charge is -2.22. The number of pyridine rings is 1. The first kappa shape index (κ1) is 12.2. The molecular weight excluding hydrogens is 234 g/mol. The number of hydrogen-bond acceptors (Lipinski definition) is 3. The van der Waals surface area contributed by atoms with Crippen molar-refractivity contribution in [3.63, 3.8) is 0 Å². The predicted octanol–water partition coefficient (Wildman–Crippen LogP) is 2.15. The minimum absolute atomic E-state index is 0.502. The van der Waals surface area contributed by atoms with Crippen LogP contribution in [0.25, 0.3) is 0 Å². The third kappa shape index (κ3) is 2.61. The van der Waals surface area contributed by atoms with Crippen molar-refractivity contribution in [3.8, 4) is 0 Å². The van der Waals surface area contributed by atoms with E-state index in [0.717, 1.165) is 31.6 Å². The zero-order chi connectivity index (χ0) is 13.1. The number of nitrogens with zero attached hydrogens (tertiary/aromatic N) is 2. The lowest BCUT2D eigenvalue weighted by Crippen LogP contribution is -2.26. The Morgan fingerprint density at radius 1 is 1.05 bits per heavy atom. The minimum atomic E-state index is 0.502. The van der Waals surface area contributed by atoms with Crippen molar-refractivity contribution in [3.05, 3.63) is 59.4 Å². The first-order valence-corrected chi connectivity index (χ1v) is 6.83. The molecule has 0 saturated carbocycles. The van der Waals surface area contributed by atoms with Crippen LogP contribution >= 0.6 is 0 Å². The molecule has 3 heteroatoms. The highest BCUT2D eigenvalue weighted by Gasteiger charge is 2.14. The van der Waals surface area contributed by atoms with Gasteiger partial charge in [0.15, 0.2) is 0 Å². The summed E-state index contributed by atoms with van der Waals surface area (Å²) in [5, 5.41) is 0. The monoisotopic (exact) mass is 253 g/mol. The number of fused-ring (bicyclic) bond motifs is 1. The van der Waals surface area contributed by atoms with Crippen molar-refractivity contribution in [2.24, 2.45) is 5.73 Å². The summed E-state index contributed by atoms with van der Waals surface area (Å²) in [4.78, 5) is 6.70. The fraction of sp³-hybridized carbons (Fsp3) is 0.312. The number of aromatic nitrogens is 1. The van der Waals surface area contributed by atoms with Gasteiger partial charge in [-0.15, -0.1) is 0 Å². The summed E-state index contributed by atoms with van der Waals surface area (Å²) >= 11 is 0. The van der Waals surface area contributed by atoms with E-state index in [-0.39, 0.29) is 0 Å². The molecule has 0 bridgehead atoms. The van der Waals surface area contributed by atoms with Crippen LogP contribution in [0.5, 0.6) is 0 Å². The summed E-state index contributed by atoms with van der Waals surface area (Å²) in [6.07, 6.45) is 4.07. The molecule has 2 heterocycles. The van der Waals surface area contributed by atoms with Gasteiger partial charge in [0.2, 0.25) is 0 Å². The second-order valence-electron chi connectivity index (χ2n) is 4.97. The number of rotatable bonds is 2. The van der Waals surface area contributed by atoms with Gasteiger partial charge in [-0.2, -0.15) is 0 Å². The maximum Gasteiger partial charge on any atom is 0.0560 e. The number of benzene rings is 1. The lowest BCUT2D eigenvalue weighted by atomic mass is 10.0. The molecule has 0 amide bonds. The summed E-state index contributed by atoms with van der Waals surface area (Å²) < 4.78 is 0. The first-order valence-electron chi connectivity index (χ1n) is 6.83. The van der Waals surface area contributed by atoms with E-state index in [2.05, 4.69) is 46.3 Å². The van der Waals surface area contributed by atoms with Gasteiger partial charge in [-0.3, -0.25) is 4.98 Å². The van der Waals surface area contributed by atoms with Crippen LogP contribution in [0.15, 0.2) is 42.6 Å². The maximum atomic E-state index is 5.67. The van der Waals surface area contributed by atoms with Crippen molar-refractivity contribution >= 4 is 5.69 Å². The smallest absolute Gasteiger partial charge is 0.0560 e. The van der Waals surface area contributed by atoms with Gasteiger partial charge >= 0.3 is 0 Å². The van der Waals surface area contributed by atoms with E-state index in [4.69, 9.17) is 5.73 Å². The van der Waals surface area contributed by atoms with E-state index in [1.54, 1.807) is 0 Å². The third-order valence-electron chi connectivity index (χ3n) is 3.79. The Labute approximate surface area is 114 Å². The molecular formula is C16H19N3. The molecule has 0 radical (unpaired) electrons. The molecule has 1 aliphatic rings. The topological polar surface area (TPSA) is 42.1 Å². The molecule has 0 atom stereocenters. The zero-order valence-corrected chi connectivity index (χ0v) is 11.0. The van der Waals surface area contributed by atoms with Crippen molar-refractivity contribution in [2.45, 2.75) is 19.4 Å². The fourth-order valence-electron chi connectivity index (χ4n) is 2.70. The van der Waals surface area contributed by atoms with Gasteiger partial charge in [0, 0.05) is 31.5 Å². The lowest BCUT2D eigenvalue weighted by molar-refractivity contribution is 0.802. The van der Waals surface area contributed by atoms with Gasteiger partial charge in [0.05, 0.1) is 5.69 Å². The molecule has 19 heavy (non-hydrogen) atoms. The number of hydrogen-bond donors (Lipinski definition) is 1. The van der Waals surface area contributed by atoms with Crippen molar-refractivity contribution < 1.29 is 0 Å². The van der Waals surface area contributed by atoms with E-state index >= 15 is 0 Å². The molecule has 0 saturated heterocycles. The Balaban J connectivity index is 1.81.